The van der Waals surface area contributed by atoms with Gasteiger partial charge in [-0.05, 0) is 30.4 Å². The lowest BCUT2D eigenvalue weighted by atomic mass is 9.89. The SMILES string of the molecule is CCC(CCO)c1ccccc1C(F)(F)F. The Balaban J connectivity index is 3.11. The maximum absolute atomic E-state index is 12.7. The Morgan fingerprint density at radius 2 is 1.88 bits per heavy atom. The molecule has 0 amide bonds. The van der Waals surface area contributed by atoms with E-state index in [0.717, 1.165) is 6.07 Å². The molecule has 0 aromatic heterocycles. The Morgan fingerprint density at radius 1 is 1.25 bits per heavy atom. The molecule has 0 heterocycles. The fourth-order valence-electron chi connectivity index (χ4n) is 1.85. The van der Waals surface area contributed by atoms with Crippen LogP contribution >= 0.6 is 0 Å². The molecule has 0 bridgehead atoms. The van der Waals surface area contributed by atoms with Gasteiger partial charge in [0.25, 0.3) is 0 Å². The van der Waals surface area contributed by atoms with E-state index in [-0.39, 0.29) is 18.1 Å². The minimum Gasteiger partial charge on any atom is -0.396 e. The van der Waals surface area contributed by atoms with Gasteiger partial charge in [0, 0.05) is 6.61 Å². The van der Waals surface area contributed by atoms with Crippen molar-refractivity contribution in [3.05, 3.63) is 35.4 Å². The second-order valence-electron chi connectivity index (χ2n) is 3.70. The molecule has 0 spiro atoms. The Hall–Kier alpha value is -1.03. The van der Waals surface area contributed by atoms with Crippen LogP contribution in [0.25, 0.3) is 0 Å². The van der Waals surface area contributed by atoms with Crippen LogP contribution in [0.3, 0.4) is 0 Å². The molecule has 0 aliphatic carbocycles. The first kappa shape index (κ1) is 13.0. The molecule has 90 valence electrons. The van der Waals surface area contributed by atoms with Gasteiger partial charge in [-0.3, -0.25) is 0 Å². The standard InChI is InChI=1S/C12H15F3O/c1-2-9(7-8-16)10-5-3-4-6-11(10)12(13,14)15/h3-6,9,16H,2,7-8H2,1H3. The van der Waals surface area contributed by atoms with Crippen molar-refractivity contribution in [2.75, 3.05) is 6.61 Å². The van der Waals surface area contributed by atoms with Crippen LogP contribution in [0.1, 0.15) is 36.8 Å². The third-order valence-electron chi connectivity index (χ3n) is 2.68. The fourth-order valence-corrected chi connectivity index (χ4v) is 1.85. The van der Waals surface area contributed by atoms with E-state index in [1.54, 1.807) is 6.07 Å². The summed E-state index contributed by atoms with van der Waals surface area (Å²) in [5.41, 5.74) is -0.304. The van der Waals surface area contributed by atoms with E-state index in [1.807, 2.05) is 6.92 Å². The molecule has 0 fully saturated rings. The van der Waals surface area contributed by atoms with E-state index in [0.29, 0.717) is 12.8 Å². The van der Waals surface area contributed by atoms with Crippen molar-refractivity contribution < 1.29 is 18.3 Å². The molecule has 16 heavy (non-hydrogen) atoms. The molecular formula is C12H15F3O. The van der Waals surface area contributed by atoms with Crippen LogP contribution in [0.15, 0.2) is 24.3 Å². The van der Waals surface area contributed by atoms with Gasteiger partial charge >= 0.3 is 6.18 Å². The smallest absolute Gasteiger partial charge is 0.396 e. The summed E-state index contributed by atoms with van der Waals surface area (Å²) >= 11 is 0. The normalized spacial score (nSPS) is 13.8. The minimum atomic E-state index is -4.32. The largest absolute Gasteiger partial charge is 0.416 e. The van der Waals surface area contributed by atoms with Crippen LogP contribution in [0.2, 0.25) is 0 Å². The van der Waals surface area contributed by atoms with E-state index in [9.17, 15) is 13.2 Å². The van der Waals surface area contributed by atoms with Crippen LogP contribution in [0.5, 0.6) is 0 Å². The molecule has 0 radical (unpaired) electrons. The van der Waals surface area contributed by atoms with Crippen LogP contribution < -0.4 is 0 Å². The molecule has 0 saturated carbocycles. The van der Waals surface area contributed by atoms with E-state index in [1.165, 1.54) is 12.1 Å². The number of alkyl halides is 3. The summed E-state index contributed by atoms with van der Waals surface area (Å²) in [4.78, 5) is 0. The molecule has 0 aliphatic heterocycles. The average molecular weight is 232 g/mol. The van der Waals surface area contributed by atoms with Crippen LogP contribution in [-0.4, -0.2) is 11.7 Å². The molecular weight excluding hydrogens is 217 g/mol. The Kier molecular flexibility index (Phi) is 4.35. The average Bonchev–Trinajstić information content (AvgIpc) is 2.25. The second-order valence-corrected chi connectivity index (χ2v) is 3.70. The maximum Gasteiger partial charge on any atom is 0.416 e. The number of benzene rings is 1. The summed E-state index contributed by atoms with van der Waals surface area (Å²) in [5, 5.41) is 8.84. The summed E-state index contributed by atoms with van der Waals surface area (Å²) < 4.78 is 38.2. The van der Waals surface area contributed by atoms with Crippen LogP contribution in [0, 0.1) is 0 Å². The zero-order valence-corrected chi connectivity index (χ0v) is 9.09. The van der Waals surface area contributed by atoms with Gasteiger partial charge in [-0.25, -0.2) is 0 Å². The lowest BCUT2D eigenvalue weighted by Gasteiger charge is -2.19. The Labute approximate surface area is 92.9 Å². The zero-order chi connectivity index (χ0) is 12.2. The molecule has 0 saturated heterocycles. The van der Waals surface area contributed by atoms with Crippen molar-refractivity contribution in [2.24, 2.45) is 0 Å². The lowest BCUT2D eigenvalue weighted by Crippen LogP contribution is -2.12. The summed E-state index contributed by atoms with van der Waals surface area (Å²) in [7, 11) is 0. The van der Waals surface area contributed by atoms with Crippen molar-refractivity contribution in [1.82, 2.24) is 0 Å². The first-order chi connectivity index (χ1) is 7.50. The Bertz CT molecular complexity index is 333. The molecule has 1 aromatic carbocycles. The fraction of sp³-hybridized carbons (Fsp3) is 0.500. The van der Waals surface area contributed by atoms with Crippen LogP contribution in [0.4, 0.5) is 13.2 Å². The molecule has 1 aromatic rings. The first-order valence-electron chi connectivity index (χ1n) is 5.27. The van der Waals surface area contributed by atoms with Crippen molar-refractivity contribution in [1.29, 1.82) is 0 Å². The van der Waals surface area contributed by atoms with Crippen molar-refractivity contribution >= 4 is 0 Å². The summed E-state index contributed by atoms with van der Waals surface area (Å²) in [6, 6.07) is 5.57. The lowest BCUT2D eigenvalue weighted by molar-refractivity contribution is -0.138. The highest BCUT2D eigenvalue weighted by atomic mass is 19.4. The van der Waals surface area contributed by atoms with Gasteiger partial charge < -0.3 is 5.11 Å². The number of aliphatic hydroxyl groups excluding tert-OH is 1. The van der Waals surface area contributed by atoms with Gasteiger partial charge in [0.05, 0.1) is 5.56 Å². The van der Waals surface area contributed by atoms with Gasteiger partial charge in [0.15, 0.2) is 0 Å². The predicted octanol–water partition coefficient (Wildman–Crippen LogP) is 3.58. The second kappa shape index (κ2) is 5.34. The highest BCUT2D eigenvalue weighted by Crippen LogP contribution is 2.36. The molecule has 1 N–H and O–H groups in total. The summed E-state index contributed by atoms with van der Waals surface area (Å²) in [5.74, 6) is -0.233. The van der Waals surface area contributed by atoms with E-state index < -0.39 is 11.7 Å². The molecule has 1 unspecified atom stereocenters. The number of hydrogen-bond donors (Lipinski definition) is 1. The number of halogens is 3. The van der Waals surface area contributed by atoms with E-state index >= 15 is 0 Å². The third kappa shape index (κ3) is 2.98. The maximum atomic E-state index is 12.7. The van der Waals surface area contributed by atoms with Crippen molar-refractivity contribution in [3.8, 4) is 0 Å². The monoisotopic (exact) mass is 232 g/mol. The summed E-state index contributed by atoms with van der Waals surface area (Å²) in [6.07, 6.45) is -3.36. The van der Waals surface area contributed by atoms with Crippen molar-refractivity contribution in [3.63, 3.8) is 0 Å². The molecule has 1 nitrogen and oxygen atoms in total. The topological polar surface area (TPSA) is 20.2 Å². The number of aliphatic hydroxyl groups is 1. The highest BCUT2D eigenvalue weighted by Gasteiger charge is 2.34. The van der Waals surface area contributed by atoms with E-state index in [2.05, 4.69) is 0 Å². The molecule has 4 heteroatoms. The number of hydrogen-bond acceptors (Lipinski definition) is 1. The van der Waals surface area contributed by atoms with Gasteiger partial charge in [-0.2, -0.15) is 13.2 Å². The quantitative estimate of drug-likeness (QED) is 0.841. The Morgan fingerprint density at radius 3 is 2.38 bits per heavy atom. The molecule has 0 aliphatic rings. The third-order valence-corrected chi connectivity index (χ3v) is 2.68. The molecule has 1 atom stereocenters. The first-order valence-corrected chi connectivity index (χ1v) is 5.27. The van der Waals surface area contributed by atoms with Crippen LogP contribution in [-0.2, 0) is 6.18 Å². The van der Waals surface area contributed by atoms with Gasteiger partial charge in [-0.15, -0.1) is 0 Å². The number of rotatable bonds is 4. The zero-order valence-electron chi connectivity index (χ0n) is 9.09. The summed E-state index contributed by atoms with van der Waals surface area (Å²) in [6.45, 7) is 1.73. The highest BCUT2D eigenvalue weighted by molar-refractivity contribution is 5.32. The molecule has 1 rings (SSSR count). The van der Waals surface area contributed by atoms with Gasteiger partial charge in [0.2, 0.25) is 0 Å². The van der Waals surface area contributed by atoms with Gasteiger partial charge in [-0.1, -0.05) is 25.1 Å². The minimum absolute atomic E-state index is 0.0926. The van der Waals surface area contributed by atoms with Crippen molar-refractivity contribution in [2.45, 2.75) is 31.9 Å². The van der Waals surface area contributed by atoms with E-state index in [4.69, 9.17) is 5.11 Å². The van der Waals surface area contributed by atoms with Gasteiger partial charge in [0.1, 0.15) is 0 Å². The predicted molar refractivity (Wildman–Crippen MR) is 56.2 cm³/mol.